The van der Waals surface area contributed by atoms with Crippen LogP contribution >= 0.6 is 31.9 Å². The molecule has 3 heterocycles. The number of hydrogen-bond donors (Lipinski definition) is 0. The third kappa shape index (κ3) is 5.38. The molecule has 12 heteroatoms. The lowest BCUT2D eigenvalue weighted by molar-refractivity contribution is -0.390. The van der Waals surface area contributed by atoms with Gasteiger partial charge >= 0.3 is 5.82 Å². The minimum atomic E-state index is -0.764. The molecule has 0 saturated heterocycles. The fourth-order valence-corrected chi connectivity index (χ4v) is 4.52. The molecule has 0 aliphatic rings. The summed E-state index contributed by atoms with van der Waals surface area (Å²) in [6.45, 7) is 4.38. The van der Waals surface area contributed by atoms with Crippen LogP contribution in [-0.2, 0) is 13.0 Å². The van der Waals surface area contributed by atoms with E-state index in [0.29, 0.717) is 40.0 Å². The number of aromatic nitrogens is 5. The number of ether oxygens (including phenoxy) is 1. The fourth-order valence-electron chi connectivity index (χ4n) is 3.63. The van der Waals surface area contributed by atoms with Crippen LogP contribution in [0.4, 0.5) is 10.2 Å². The molecule has 0 aliphatic carbocycles. The minimum absolute atomic E-state index is 0.0395. The van der Waals surface area contributed by atoms with E-state index in [-0.39, 0.29) is 5.75 Å². The number of halogens is 3. The predicted octanol–water partition coefficient (Wildman–Crippen LogP) is 6.06. The third-order valence-corrected chi connectivity index (χ3v) is 6.61. The van der Waals surface area contributed by atoms with E-state index in [9.17, 15) is 14.5 Å². The summed E-state index contributed by atoms with van der Waals surface area (Å²) >= 11 is 6.83. The van der Waals surface area contributed by atoms with E-state index in [2.05, 4.69) is 51.9 Å². The fraction of sp³-hybridized carbons (Fsp3) is 0.217. The highest BCUT2D eigenvalue weighted by Crippen LogP contribution is 2.36. The number of nitrogens with zero attached hydrogens (tertiary/aromatic N) is 6. The Bertz CT molecular complexity index is 1400. The lowest BCUT2D eigenvalue weighted by atomic mass is 9.97. The molecule has 0 aliphatic heterocycles. The summed E-state index contributed by atoms with van der Waals surface area (Å²) in [6, 6.07) is 5.73. The van der Waals surface area contributed by atoms with Crippen LogP contribution in [-0.4, -0.2) is 29.7 Å². The smallest absolute Gasteiger partial charge is 0.406 e. The van der Waals surface area contributed by atoms with Gasteiger partial charge in [0.05, 0.1) is 22.1 Å². The van der Waals surface area contributed by atoms with Crippen molar-refractivity contribution in [3.63, 3.8) is 0 Å². The number of hydrogen-bond acceptors (Lipinski definition) is 7. The molecular weight excluding hydrogens is 587 g/mol. The van der Waals surface area contributed by atoms with Gasteiger partial charge in [0.1, 0.15) is 16.5 Å². The van der Waals surface area contributed by atoms with Crippen LogP contribution in [0.3, 0.4) is 0 Å². The van der Waals surface area contributed by atoms with Gasteiger partial charge in [-0.15, -0.1) is 0 Å². The molecule has 35 heavy (non-hydrogen) atoms. The molecule has 1 aromatic carbocycles. The van der Waals surface area contributed by atoms with Crippen LogP contribution in [0.15, 0.2) is 58.1 Å². The summed E-state index contributed by atoms with van der Waals surface area (Å²) in [5, 5.41) is 15.8. The Balaban J connectivity index is 1.74. The SMILES string of the molecule is CCn1ncc(Cc2nccnc2-c2ccc(F)cc2C(C)Oc2cc(Br)cnc2[N+](=O)[O-])c1Br. The number of nitro groups is 1. The first-order chi connectivity index (χ1) is 16.8. The molecule has 180 valence electrons. The highest BCUT2D eigenvalue weighted by molar-refractivity contribution is 9.10. The second kappa shape index (κ2) is 10.6. The molecule has 1 atom stereocenters. The van der Waals surface area contributed by atoms with E-state index in [1.807, 2.05) is 11.6 Å². The molecule has 1 unspecified atom stereocenters. The van der Waals surface area contributed by atoms with Gasteiger partial charge in [0.15, 0.2) is 6.20 Å². The summed E-state index contributed by atoms with van der Waals surface area (Å²) in [6.07, 6.45) is 5.91. The number of aryl methyl sites for hydroxylation is 1. The summed E-state index contributed by atoms with van der Waals surface area (Å²) in [7, 11) is 0. The van der Waals surface area contributed by atoms with E-state index in [1.165, 1.54) is 24.4 Å². The van der Waals surface area contributed by atoms with Crippen LogP contribution in [0.1, 0.15) is 36.8 Å². The molecule has 0 amide bonds. The maximum absolute atomic E-state index is 14.3. The van der Waals surface area contributed by atoms with Crippen molar-refractivity contribution in [1.82, 2.24) is 24.7 Å². The highest BCUT2D eigenvalue weighted by Gasteiger charge is 2.24. The Hall–Kier alpha value is -3.25. The van der Waals surface area contributed by atoms with Gasteiger partial charge in [0.25, 0.3) is 0 Å². The van der Waals surface area contributed by atoms with Crippen molar-refractivity contribution < 1.29 is 14.1 Å². The molecule has 4 rings (SSSR count). The maximum atomic E-state index is 14.3. The highest BCUT2D eigenvalue weighted by atomic mass is 79.9. The number of pyridine rings is 1. The van der Waals surface area contributed by atoms with Crippen LogP contribution in [0.5, 0.6) is 5.75 Å². The Morgan fingerprint density at radius 3 is 2.66 bits per heavy atom. The van der Waals surface area contributed by atoms with Crippen molar-refractivity contribution in [3.05, 3.63) is 90.9 Å². The van der Waals surface area contributed by atoms with Crippen molar-refractivity contribution in [3.8, 4) is 17.0 Å². The zero-order chi connectivity index (χ0) is 25.1. The van der Waals surface area contributed by atoms with Gasteiger partial charge < -0.3 is 14.9 Å². The van der Waals surface area contributed by atoms with Crippen molar-refractivity contribution in [2.75, 3.05) is 0 Å². The van der Waals surface area contributed by atoms with E-state index >= 15 is 0 Å². The summed E-state index contributed by atoms with van der Waals surface area (Å²) in [5.74, 6) is -0.947. The van der Waals surface area contributed by atoms with E-state index in [4.69, 9.17) is 4.74 Å². The van der Waals surface area contributed by atoms with Crippen molar-refractivity contribution in [2.24, 2.45) is 0 Å². The molecule has 0 fully saturated rings. The molecule has 0 bridgehead atoms. The zero-order valence-electron chi connectivity index (χ0n) is 18.7. The standard InChI is InChI=1S/C23H19Br2FN6O3/c1-3-31-22(25)14(11-30-31)8-19-21(28-7-6-27-19)17-5-4-16(26)10-18(17)13(2)35-20-9-15(24)12-29-23(20)32(33)34/h4-7,9-13H,3,8H2,1-2H3. The van der Waals surface area contributed by atoms with Gasteiger partial charge in [-0.25, -0.2) is 4.39 Å². The Kier molecular flexibility index (Phi) is 7.51. The van der Waals surface area contributed by atoms with E-state index < -0.39 is 22.7 Å². The normalized spacial score (nSPS) is 11.9. The quantitative estimate of drug-likeness (QED) is 0.177. The maximum Gasteiger partial charge on any atom is 0.406 e. The van der Waals surface area contributed by atoms with Gasteiger partial charge in [-0.3, -0.25) is 14.6 Å². The number of benzene rings is 1. The van der Waals surface area contributed by atoms with Gasteiger partial charge in [-0.2, -0.15) is 5.10 Å². The largest absolute Gasteiger partial charge is 0.478 e. The second-order valence-corrected chi connectivity index (χ2v) is 9.20. The third-order valence-electron chi connectivity index (χ3n) is 5.26. The topological polar surface area (TPSA) is 109 Å². The van der Waals surface area contributed by atoms with Crippen molar-refractivity contribution in [2.45, 2.75) is 32.9 Å². The molecule has 0 saturated carbocycles. The van der Waals surface area contributed by atoms with Crippen molar-refractivity contribution in [1.29, 1.82) is 0 Å². The first kappa shape index (κ1) is 24.9. The molecule has 0 N–H and O–H groups in total. The minimum Gasteiger partial charge on any atom is -0.478 e. The monoisotopic (exact) mass is 604 g/mol. The van der Waals surface area contributed by atoms with E-state index in [0.717, 1.165) is 10.2 Å². The lowest BCUT2D eigenvalue weighted by Crippen LogP contribution is -2.09. The summed E-state index contributed by atoms with van der Waals surface area (Å²) in [5.41, 5.74) is 3.21. The van der Waals surface area contributed by atoms with Crippen LogP contribution in [0, 0.1) is 15.9 Å². The first-order valence-corrected chi connectivity index (χ1v) is 12.1. The van der Waals surface area contributed by atoms with Gasteiger partial charge in [0, 0.05) is 48.1 Å². The summed E-state index contributed by atoms with van der Waals surface area (Å²) in [4.78, 5) is 23.7. The lowest BCUT2D eigenvalue weighted by Gasteiger charge is -2.19. The molecule has 0 radical (unpaired) electrons. The molecular formula is C23H19Br2FN6O3. The second-order valence-electron chi connectivity index (χ2n) is 7.53. The van der Waals surface area contributed by atoms with Gasteiger partial charge in [0.2, 0.25) is 5.75 Å². The average Bonchev–Trinajstić information content (AvgIpc) is 3.18. The number of rotatable bonds is 8. The van der Waals surface area contributed by atoms with Crippen LogP contribution < -0.4 is 4.74 Å². The molecule has 3 aromatic heterocycles. The summed E-state index contributed by atoms with van der Waals surface area (Å²) < 4.78 is 23.4. The van der Waals surface area contributed by atoms with E-state index in [1.54, 1.807) is 31.6 Å². The van der Waals surface area contributed by atoms with Crippen LogP contribution in [0.2, 0.25) is 0 Å². The average molecular weight is 606 g/mol. The van der Waals surface area contributed by atoms with Crippen molar-refractivity contribution >= 4 is 37.7 Å². The molecule has 0 spiro atoms. The Labute approximate surface area is 216 Å². The van der Waals surface area contributed by atoms with Gasteiger partial charge in [-0.05, 0) is 73.8 Å². The first-order valence-electron chi connectivity index (χ1n) is 10.5. The van der Waals surface area contributed by atoms with Gasteiger partial charge in [-0.1, -0.05) is 0 Å². The molecule has 9 nitrogen and oxygen atoms in total. The van der Waals surface area contributed by atoms with Crippen LogP contribution in [0.25, 0.3) is 11.3 Å². The predicted molar refractivity (Wildman–Crippen MR) is 133 cm³/mol. The molecule has 4 aromatic rings. The Morgan fingerprint density at radius 2 is 1.94 bits per heavy atom. The zero-order valence-corrected chi connectivity index (χ0v) is 21.8. The Morgan fingerprint density at radius 1 is 1.17 bits per heavy atom.